The van der Waals surface area contributed by atoms with Gasteiger partial charge in [-0.1, -0.05) is 13.0 Å². The Morgan fingerprint density at radius 2 is 2.30 bits per heavy atom. The number of para-hydroxylation sites is 1. The van der Waals surface area contributed by atoms with Crippen molar-refractivity contribution in [3.8, 4) is 5.75 Å². The molecule has 0 amide bonds. The minimum atomic E-state index is -0.395. The van der Waals surface area contributed by atoms with Gasteiger partial charge in [0, 0.05) is 12.6 Å². The van der Waals surface area contributed by atoms with E-state index in [0.29, 0.717) is 30.5 Å². The van der Waals surface area contributed by atoms with Crippen LogP contribution in [0.2, 0.25) is 0 Å². The van der Waals surface area contributed by atoms with E-state index < -0.39 is 4.92 Å². The van der Waals surface area contributed by atoms with Crippen LogP contribution in [-0.4, -0.2) is 24.1 Å². The minimum absolute atomic E-state index is 0.0000463. The van der Waals surface area contributed by atoms with Crippen LogP contribution in [0.5, 0.6) is 5.75 Å². The van der Waals surface area contributed by atoms with Gasteiger partial charge in [0.25, 0.3) is 0 Å². The second kappa shape index (κ2) is 6.56. The Bertz CT molecular complexity index is 475. The summed E-state index contributed by atoms with van der Waals surface area (Å²) in [6, 6.07) is 5.20. The highest BCUT2D eigenvalue weighted by atomic mass is 16.6. The van der Waals surface area contributed by atoms with E-state index in [0.717, 1.165) is 19.3 Å². The molecule has 2 rings (SSSR count). The van der Waals surface area contributed by atoms with E-state index in [9.17, 15) is 10.1 Å². The van der Waals surface area contributed by atoms with E-state index in [2.05, 4.69) is 5.32 Å². The van der Waals surface area contributed by atoms with Gasteiger partial charge in [0.15, 0.2) is 5.75 Å². The first-order valence-electron chi connectivity index (χ1n) is 7.04. The molecule has 20 heavy (non-hydrogen) atoms. The lowest BCUT2D eigenvalue weighted by Crippen LogP contribution is -2.31. The molecule has 1 aromatic carbocycles. The maximum atomic E-state index is 11.3. The lowest BCUT2D eigenvalue weighted by atomic mass is 10.1. The van der Waals surface area contributed by atoms with Gasteiger partial charge in [0.1, 0.15) is 5.69 Å². The zero-order valence-electron chi connectivity index (χ0n) is 11.7. The third-order valence-electron chi connectivity index (χ3n) is 3.43. The van der Waals surface area contributed by atoms with Crippen LogP contribution < -0.4 is 15.8 Å². The van der Waals surface area contributed by atoms with Crippen LogP contribution in [0.25, 0.3) is 0 Å². The molecule has 0 heterocycles. The van der Waals surface area contributed by atoms with Crippen molar-refractivity contribution in [3.63, 3.8) is 0 Å². The van der Waals surface area contributed by atoms with Gasteiger partial charge in [-0.25, -0.2) is 0 Å². The van der Waals surface area contributed by atoms with Crippen molar-refractivity contribution in [1.29, 1.82) is 0 Å². The Labute approximate surface area is 118 Å². The van der Waals surface area contributed by atoms with Crippen molar-refractivity contribution < 1.29 is 9.66 Å². The van der Waals surface area contributed by atoms with Gasteiger partial charge in [0.05, 0.1) is 11.5 Å². The number of anilines is 1. The largest absolute Gasteiger partial charge is 0.487 e. The van der Waals surface area contributed by atoms with Gasteiger partial charge < -0.3 is 15.8 Å². The summed E-state index contributed by atoms with van der Waals surface area (Å²) in [5.41, 5.74) is 6.23. The summed E-state index contributed by atoms with van der Waals surface area (Å²) in [7, 11) is 0. The van der Waals surface area contributed by atoms with Gasteiger partial charge >= 0.3 is 5.69 Å². The third-order valence-corrected chi connectivity index (χ3v) is 3.43. The number of ether oxygens (including phenoxy) is 1. The molecule has 0 aromatic heterocycles. The second-order valence-corrected chi connectivity index (χ2v) is 5.08. The Morgan fingerprint density at radius 3 is 2.85 bits per heavy atom. The highest BCUT2D eigenvalue weighted by Gasteiger charge is 2.32. The molecule has 0 aliphatic heterocycles. The first kappa shape index (κ1) is 14.6. The molecule has 6 heteroatoms. The summed E-state index contributed by atoms with van der Waals surface area (Å²) in [4.78, 5) is 10.9. The SMILES string of the molecule is CCCOc1cccc(NC(CN)C2CC2)c1[N+](=O)[O-]. The molecular weight excluding hydrogens is 258 g/mol. The van der Waals surface area contributed by atoms with Crippen molar-refractivity contribution in [2.24, 2.45) is 11.7 Å². The maximum absolute atomic E-state index is 11.3. The van der Waals surface area contributed by atoms with E-state index in [-0.39, 0.29) is 11.7 Å². The smallest absolute Gasteiger partial charge is 0.333 e. The van der Waals surface area contributed by atoms with Gasteiger partial charge in [-0.2, -0.15) is 0 Å². The zero-order chi connectivity index (χ0) is 14.5. The average molecular weight is 279 g/mol. The van der Waals surface area contributed by atoms with Crippen molar-refractivity contribution in [2.45, 2.75) is 32.2 Å². The lowest BCUT2D eigenvalue weighted by molar-refractivity contribution is -0.385. The third kappa shape index (κ3) is 3.39. The quantitative estimate of drug-likeness (QED) is 0.563. The van der Waals surface area contributed by atoms with E-state index >= 15 is 0 Å². The number of benzene rings is 1. The van der Waals surface area contributed by atoms with Crippen molar-refractivity contribution >= 4 is 11.4 Å². The van der Waals surface area contributed by atoms with Crippen LogP contribution in [0, 0.1) is 16.0 Å². The second-order valence-electron chi connectivity index (χ2n) is 5.08. The Balaban J connectivity index is 2.23. The number of rotatable bonds is 8. The van der Waals surface area contributed by atoms with Crippen LogP contribution in [-0.2, 0) is 0 Å². The molecule has 3 N–H and O–H groups in total. The predicted octanol–water partition coefficient (Wildman–Crippen LogP) is 2.53. The number of nitrogens with one attached hydrogen (secondary N) is 1. The van der Waals surface area contributed by atoms with E-state index in [1.54, 1.807) is 18.2 Å². The van der Waals surface area contributed by atoms with Gasteiger partial charge in [-0.05, 0) is 37.3 Å². The first-order chi connectivity index (χ1) is 9.67. The van der Waals surface area contributed by atoms with Crippen molar-refractivity contribution in [1.82, 2.24) is 0 Å². The molecule has 1 aliphatic carbocycles. The molecule has 1 fully saturated rings. The molecule has 1 atom stereocenters. The van der Waals surface area contributed by atoms with Gasteiger partial charge in [-0.15, -0.1) is 0 Å². The van der Waals surface area contributed by atoms with Crippen LogP contribution in [0.4, 0.5) is 11.4 Å². The fraction of sp³-hybridized carbons (Fsp3) is 0.571. The van der Waals surface area contributed by atoms with Crippen LogP contribution in [0.15, 0.2) is 18.2 Å². The molecular formula is C14H21N3O3. The number of nitro groups is 1. The molecule has 0 radical (unpaired) electrons. The van der Waals surface area contributed by atoms with E-state index in [1.165, 1.54) is 0 Å². The van der Waals surface area contributed by atoms with Crippen molar-refractivity contribution in [2.75, 3.05) is 18.5 Å². The fourth-order valence-corrected chi connectivity index (χ4v) is 2.22. The molecule has 0 saturated heterocycles. The number of hydrogen-bond donors (Lipinski definition) is 2. The summed E-state index contributed by atoms with van der Waals surface area (Å²) in [6.07, 6.45) is 3.08. The molecule has 0 bridgehead atoms. The molecule has 1 aromatic rings. The molecule has 1 aliphatic rings. The molecule has 0 spiro atoms. The summed E-state index contributed by atoms with van der Waals surface area (Å²) in [5, 5.41) is 14.5. The lowest BCUT2D eigenvalue weighted by Gasteiger charge is -2.18. The van der Waals surface area contributed by atoms with Crippen molar-refractivity contribution in [3.05, 3.63) is 28.3 Å². The summed E-state index contributed by atoms with van der Waals surface area (Å²) >= 11 is 0. The summed E-state index contributed by atoms with van der Waals surface area (Å²) < 4.78 is 5.47. The van der Waals surface area contributed by atoms with Crippen LogP contribution >= 0.6 is 0 Å². The van der Waals surface area contributed by atoms with Gasteiger partial charge in [0.2, 0.25) is 0 Å². The highest BCUT2D eigenvalue weighted by Crippen LogP contribution is 2.38. The van der Waals surface area contributed by atoms with Crippen LogP contribution in [0.3, 0.4) is 0 Å². The molecule has 1 unspecified atom stereocenters. The highest BCUT2D eigenvalue weighted by molar-refractivity contribution is 5.68. The fourth-order valence-electron chi connectivity index (χ4n) is 2.22. The van der Waals surface area contributed by atoms with E-state index in [4.69, 9.17) is 10.5 Å². The predicted molar refractivity (Wildman–Crippen MR) is 78.1 cm³/mol. The standard InChI is InChI=1S/C14H21N3O3/c1-2-8-20-13-5-3-4-11(14(13)17(18)19)16-12(9-15)10-6-7-10/h3-5,10,12,16H,2,6-9,15H2,1H3. The van der Waals surface area contributed by atoms with Gasteiger partial charge in [-0.3, -0.25) is 10.1 Å². The topological polar surface area (TPSA) is 90.4 Å². The average Bonchev–Trinajstić information content (AvgIpc) is 3.26. The zero-order valence-corrected chi connectivity index (χ0v) is 11.7. The Hall–Kier alpha value is -1.82. The maximum Gasteiger partial charge on any atom is 0.333 e. The Kier molecular flexibility index (Phi) is 4.79. The number of nitrogens with two attached hydrogens (primary N) is 1. The number of nitrogens with zero attached hydrogens (tertiary/aromatic N) is 1. The summed E-state index contributed by atoms with van der Waals surface area (Å²) in [5.74, 6) is 0.841. The monoisotopic (exact) mass is 279 g/mol. The number of nitro benzene ring substituents is 1. The molecule has 1 saturated carbocycles. The molecule has 110 valence electrons. The molecule has 6 nitrogen and oxygen atoms in total. The van der Waals surface area contributed by atoms with Crippen LogP contribution in [0.1, 0.15) is 26.2 Å². The minimum Gasteiger partial charge on any atom is -0.487 e. The Morgan fingerprint density at radius 1 is 1.55 bits per heavy atom. The number of hydrogen-bond acceptors (Lipinski definition) is 5. The normalized spacial score (nSPS) is 15.7. The first-order valence-corrected chi connectivity index (χ1v) is 7.04. The van der Waals surface area contributed by atoms with E-state index in [1.807, 2.05) is 6.92 Å². The summed E-state index contributed by atoms with van der Waals surface area (Å²) in [6.45, 7) is 2.90.